The van der Waals surface area contributed by atoms with E-state index in [2.05, 4.69) is 10.3 Å². The molecule has 0 radical (unpaired) electrons. The van der Waals surface area contributed by atoms with E-state index in [4.69, 9.17) is 0 Å². The van der Waals surface area contributed by atoms with Crippen LogP contribution in [0, 0.1) is 6.92 Å². The Labute approximate surface area is 113 Å². The van der Waals surface area contributed by atoms with Crippen molar-refractivity contribution in [2.45, 2.75) is 6.92 Å². The minimum atomic E-state index is -0.0490. The summed E-state index contributed by atoms with van der Waals surface area (Å²) in [5.41, 5.74) is 2.56. The van der Waals surface area contributed by atoms with E-state index in [0.717, 1.165) is 23.4 Å². The first-order chi connectivity index (χ1) is 8.99. The average Bonchev–Trinajstić information content (AvgIpc) is 2.64. The molecule has 1 aromatic carbocycles. The van der Waals surface area contributed by atoms with Gasteiger partial charge in [-0.1, -0.05) is 0 Å². The van der Waals surface area contributed by atoms with Crippen molar-refractivity contribution in [2.75, 3.05) is 27.2 Å². The molecule has 5 heteroatoms. The van der Waals surface area contributed by atoms with E-state index >= 15 is 0 Å². The first-order valence-electron chi connectivity index (χ1n) is 6.35. The van der Waals surface area contributed by atoms with Crippen LogP contribution in [0.3, 0.4) is 0 Å². The van der Waals surface area contributed by atoms with E-state index < -0.39 is 0 Å². The van der Waals surface area contributed by atoms with Gasteiger partial charge in [-0.3, -0.25) is 4.79 Å². The summed E-state index contributed by atoms with van der Waals surface area (Å²) in [5, 5.41) is 2.90. The molecule has 0 unspecified atom stereocenters. The standard InChI is InChI=1S/C14H20N4O/c1-10-16-12-9-11(5-6-13(12)18(10)4)14(19)15-7-8-17(2)3/h5-6,9H,7-8H2,1-4H3,(H,15,19). The van der Waals surface area contributed by atoms with Crippen LogP contribution in [-0.4, -0.2) is 47.5 Å². The number of carbonyl (C=O) groups is 1. The normalized spacial score (nSPS) is 11.2. The fourth-order valence-corrected chi connectivity index (χ4v) is 1.96. The number of aromatic nitrogens is 2. The van der Waals surface area contributed by atoms with Crippen molar-refractivity contribution in [1.82, 2.24) is 19.8 Å². The summed E-state index contributed by atoms with van der Waals surface area (Å²) < 4.78 is 2.02. The molecule has 1 amide bonds. The molecule has 0 spiro atoms. The topological polar surface area (TPSA) is 50.2 Å². The number of likely N-dealkylation sites (N-methyl/N-ethyl adjacent to an activating group) is 1. The molecular formula is C14H20N4O. The Bertz CT molecular complexity index is 601. The van der Waals surface area contributed by atoms with Gasteiger partial charge in [0.25, 0.3) is 5.91 Å². The molecular weight excluding hydrogens is 240 g/mol. The zero-order chi connectivity index (χ0) is 14.0. The fourth-order valence-electron chi connectivity index (χ4n) is 1.96. The molecule has 1 heterocycles. The Kier molecular flexibility index (Phi) is 3.85. The van der Waals surface area contributed by atoms with Crippen molar-refractivity contribution >= 4 is 16.9 Å². The molecule has 0 saturated heterocycles. The Morgan fingerprint density at radius 1 is 1.42 bits per heavy atom. The number of hydrogen-bond donors (Lipinski definition) is 1. The van der Waals surface area contributed by atoms with E-state index in [1.165, 1.54) is 0 Å². The minimum absolute atomic E-state index is 0.0490. The van der Waals surface area contributed by atoms with Gasteiger partial charge < -0.3 is 14.8 Å². The van der Waals surface area contributed by atoms with Crippen LogP contribution in [0.4, 0.5) is 0 Å². The second-order valence-electron chi connectivity index (χ2n) is 4.98. The maximum Gasteiger partial charge on any atom is 0.251 e. The highest BCUT2D eigenvalue weighted by atomic mass is 16.1. The molecule has 102 valence electrons. The average molecular weight is 260 g/mol. The van der Waals surface area contributed by atoms with Gasteiger partial charge in [-0.05, 0) is 39.2 Å². The molecule has 2 aromatic rings. The minimum Gasteiger partial charge on any atom is -0.351 e. The third-order valence-electron chi connectivity index (χ3n) is 3.21. The molecule has 0 aliphatic carbocycles. The maximum absolute atomic E-state index is 12.0. The van der Waals surface area contributed by atoms with Crippen LogP contribution in [0.1, 0.15) is 16.2 Å². The molecule has 0 atom stereocenters. The number of amides is 1. The summed E-state index contributed by atoms with van der Waals surface area (Å²) >= 11 is 0. The van der Waals surface area contributed by atoms with Crippen LogP contribution < -0.4 is 5.32 Å². The van der Waals surface area contributed by atoms with E-state index in [-0.39, 0.29) is 5.91 Å². The Hall–Kier alpha value is -1.88. The van der Waals surface area contributed by atoms with Crippen LogP contribution in [0.5, 0.6) is 0 Å². The van der Waals surface area contributed by atoms with Crippen molar-refractivity contribution in [2.24, 2.45) is 7.05 Å². The third kappa shape index (κ3) is 2.93. The van der Waals surface area contributed by atoms with Gasteiger partial charge in [0.05, 0.1) is 11.0 Å². The van der Waals surface area contributed by atoms with Crippen molar-refractivity contribution < 1.29 is 4.79 Å². The third-order valence-corrected chi connectivity index (χ3v) is 3.21. The van der Waals surface area contributed by atoms with Crippen LogP contribution in [0.15, 0.2) is 18.2 Å². The number of imidazole rings is 1. The largest absolute Gasteiger partial charge is 0.351 e. The van der Waals surface area contributed by atoms with Gasteiger partial charge in [0.1, 0.15) is 5.82 Å². The maximum atomic E-state index is 12.0. The number of nitrogens with zero attached hydrogens (tertiary/aromatic N) is 3. The molecule has 0 aliphatic rings. The molecule has 2 rings (SSSR count). The van der Waals surface area contributed by atoms with Crippen molar-refractivity contribution in [1.29, 1.82) is 0 Å². The zero-order valence-electron chi connectivity index (χ0n) is 11.9. The Balaban J connectivity index is 2.14. The van der Waals surface area contributed by atoms with Crippen LogP contribution in [0.2, 0.25) is 0 Å². The summed E-state index contributed by atoms with van der Waals surface area (Å²) in [5.74, 6) is 0.896. The lowest BCUT2D eigenvalue weighted by Gasteiger charge is -2.10. The molecule has 0 bridgehead atoms. The number of fused-ring (bicyclic) bond motifs is 1. The first kappa shape index (κ1) is 13.5. The Morgan fingerprint density at radius 3 is 2.84 bits per heavy atom. The lowest BCUT2D eigenvalue weighted by Crippen LogP contribution is -2.31. The van der Waals surface area contributed by atoms with E-state index in [1.807, 2.05) is 55.7 Å². The number of nitrogens with one attached hydrogen (secondary N) is 1. The second kappa shape index (κ2) is 5.40. The predicted octanol–water partition coefficient (Wildman–Crippen LogP) is 1.17. The van der Waals surface area contributed by atoms with Crippen molar-refractivity contribution in [3.63, 3.8) is 0 Å². The number of benzene rings is 1. The number of aryl methyl sites for hydroxylation is 2. The summed E-state index contributed by atoms with van der Waals surface area (Å²) in [6.45, 7) is 3.43. The van der Waals surface area contributed by atoms with Crippen LogP contribution >= 0.6 is 0 Å². The zero-order valence-corrected chi connectivity index (χ0v) is 11.9. The molecule has 1 N–H and O–H groups in total. The fraction of sp³-hybridized carbons (Fsp3) is 0.429. The molecule has 0 saturated carbocycles. The lowest BCUT2D eigenvalue weighted by molar-refractivity contribution is 0.0951. The lowest BCUT2D eigenvalue weighted by atomic mass is 10.2. The highest BCUT2D eigenvalue weighted by Gasteiger charge is 2.09. The summed E-state index contributed by atoms with van der Waals surface area (Å²) in [4.78, 5) is 18.5. The summed E-state index contributed by atoms with van der Waals surface area (Å²) in [6, 6.07) is 5.62. The van der Waals surface area contributed by atoms with Gasteiger partial charge in [0.15, 0.2) is 0 Å². The van der Waals surface area contributed by atoms with E-state index in [1.54, 1.807) is 0 Å². The van der Waals surface area contributed by atoms with Gasteiger partial charge in [-0.25, -0.2) is 4.98 Å². The van der Waals surface area contributed by atoms with Crippen molar-refractivity contribution in [3.05, 3.63) is 29.6 Å². The smallest absolute Gasteiger partial charge is 0.251 e. The number of hydrogen-bond acceptors (Lipinski definition) is 3. The number of rotatable bonds is 4. The highest BCUT2D eigenvalue weighted by Crippen LogP contribution is 2.16. The van der Waals surface area contributed by atoms with Gasteiger partial charge in [0, 0.05) is 25.7 Å². The van der Waals surface area contributed by atoms with Gasteiger partial charge >= 0.3 is 0 Å². The molecule has 1 aromatic heterocycles. The van der Waals surface area contributed by atoms with Crippen molar-refractivity contribution in [3.8, 4) is 0 Å². The Morgan fingerprint density at radius 2 is 2.16 bits per heavy atom. The summed E-state index contributed by atoms with van der Waals surface area (Å²) in [7, 11) is 5.94. The van der Waals surface area contributed by atoms with E-state index in [9.17, 15) is 4.79 Å². The first-order valence-corrected chi connectivity index (χ1v) is 6.35. The molecule has 5 nitrogen and oxygen atoms in total. The van der Waals surface area contributed by atoms with E-state index in [0.29, 0.717) is 12.1 Å². The second-order valence-corrected chi connectivity index (χ2v) is 4.98. The number of carbonyl (C=O) groups excluding carboxylic acids is 1. The molecule has 0 fully saturated rings. The molecule has 0 aliphatic heterocycles. The highest BCUT2D eigenvalue weighted by molar-refractivity contribution is 5.97. The van der Waals surface area contributed by atoms with Crippen LogP contribution in [0.25, 0.3) is 11.0 Å². The SMILES string of the molecule is Cc1nc2cc(C(=O)NCCN(C)C)ccc2n1C. The summed E-state index contributed by atoms with van der Waals surface area (Å²) in [6.07, 6.45) is 0. The van der Waals surface area contributed by atoms with Gasteiger partial charge in [-0.15, -0.1) is 0 Å². The quantitative estimate of drug-likeness (QED) is 0.898. The van der Waals surface area contributed by atoms with Gasteiger partial charge in [-0.2, -0.15) is 0 Å². The van der Waals surface area contributed by atoms with Crippen LogP contribution in [-0.2, 0) is 7.05 Å². The predicted molar refractivity (Wildman–Crippen MR) is 76.3 cm³/mol. The molecule has 19 heavy (non-hydrogen) atoms. The van der Waals surface area contributed by atoms with Gasteiger partial charge in [0.2, 0.25) is 0 Å². The monoisotopic (exact) mass is 260 g/mol.